The van der Waals surface area contributed by atoms with E-state index in [2.05, 4.69) is 34.3 Å². The third-order valence-corrected chi connectivity index (χ3v) is 3.48. The molecular formula is C13H24N4O2. The summed E-state index contributed by atoms with van der Waals surface area (Å²) in [6.07, 6.45) is 3.55. The van der Waals surface area contributed by atoms with E-state index in [0.717, 1.165) is 13.0 Å². The lowest BCUT2D eigenvalue weighted by molar-refractivity contribution is 0.201. The maximum absolute atomic E-state index is 5.73. The van der Waals surface area contributed by atoms with Crippen LogP contribution in [0.5, 0.6) is 0 Å². The van der Waals surface area contributed by atoms with E-state index in [1.165, 1.54) is 12.8 Å². The van der Waals surface area contributed by atoms with Crippen LogP contribution in [0.3, 0.4) is 0 Å². The number of ether oxygens (including phenoxy) is 1. The number of rotatable bonds is 9. The van der Waals surface area contributed by atoms with E-state index in [1.54, 1.807) is 7.11 Å². The van der Waals surface area contributed by atoms with Gasteiger partial charge in [-0.2, -0.15) is 0 Å². The molecule has 0 bridgehead atoms. The van der Waals surface area contributed by atoms with Gasteiger partial charge in [-0.15, -0.1) is 5.10 Å². The van der Waals surface area contributed by atoms with Crippen molar-refractivity contribution in [2.24, 2.45) is 0 Å². The van der Waals surface area contributed by atoms with Crippen molar-refractivity contribution in [1.82, 2.24) is 15.5 Å². The van der Waals surface area contributed by atoms with Crippen LogP contribution in [-0.2, 0) is 11.3 Å². The average Bonchev–Trinajstić information content (AvgIpc) is 3.15. The minimum atomic E-state index is 0.361. The molecule has 0 aliphatic heterocycles. The molecule has 1 aromatic heterocycles. The molecule has 1 atom stereocenters. The molecule has 19 heavy (non-hydrogen) atoms. The second-order valence-corrected chi connectivity index (χ2v) is 5.08. The van der Waals surface area contributed by atoms with Gasteiger partial charge in [0.2, 0.25) is 5.89 Å². The number of anilines is 1. The van der Waals surface area contributed by atoms with Crippen molar-refractivity contribution in [2.45, 2.75) is 51.7 Å². The van der Waals surface area contributed by atoms with Gasteiger partial charge in [0.05, 0.1) is 13.2 Å². The van der Waals surface area contributed by atoms with Gasteiger partial charge in [-0.1, -0.05) is 12.0 Å². The lowest BCUT2D eigenvalue weighted by Crippen LogP contribution is -2.35. The van der Waals surface area contributed by atoms with Crippen LogP contribution in [0, 0.1) is 0 Å². The number of nitrogens with zero attached hydrogens (tertiary/aromatic N) is 3. The number of methoxy groups -OCH3 is 1. The molecule has 1 N–H and O–H groups in total. The summed E-state index contributed by atoms with van der Waals surface area (Å²) >= 11 is 0. The molecule has 6 heteroatoms. The van der Waals surface area contributed by atoms with Gasteiger partial charge in [0.25, 0.3) is 0 Å². The Kier molecular flexibility index (Phi) is 5.15. The fraction of sp³-hybridized carbons (Fsp3) is 0.846. The van der Waals surface area contributed by atoms with Gasteiger partial charge < -0.3 is 19.4 Å². The van der Waals surface area contributed by atoms with Crippen molar-refractivity contribution in [3.05, 3.63) is 5.89 Å². The van der Waals surface area contributed by atoms with Gasteiger partial charge in [-0.3, -0.25) is 0 Å². The smallest absolute Gasteiger partial charge is 0.318 e. The monoisotopic (exact) mass is 268 g/mol. The molecule has 2 rings (SSSR count). The summed E-state index contributed by atoms with van der Waals surface area (Å²) in [4.78, 5) is 2.11. The van der Waals surface area contributed by atoms with Crippen molar-refractivity contribution < 1.29 is 9.15 Å². The number of aromatic nitrogens is 2. The summed E-state index contributed by atoms with van der Waals surface area (Å²) in [7, 11) is 1.70. The van der Waals surface area contributed by atoms with Gasteiger partial charge in [0.1, 0.15) is 0 Å². The van der Waals surface area contributed by atoms with Crippen LogP contribution in [0.25, 0.3) is 0 Å². The number of nitrogens with one attached hydrogen (secondary N) is 1. The first kappa shape index (κ1) is 14.3. The average molecular weight is 268 g/mol. The normalized spacial score (nSPS) is 16.6. The number of hydrogen-bond donors (Lipinski definition) is 1. The summed E-state index contributed by atoms with van der Waals surface area (Å²) in [5.74, 6) is 0.660. The van der Waals surface area contributed by atoms with E-state index in [1.807, 2.05) is 0 Å². The maximum Gasteiger partial charge on any atom is 0.318 e. The number of hydrogen-bond acceptors (Lipinski definition) is 6. The zero-order valence-electron chi connectivity index (χ0n) is 12.1. The zero-order valence-corrected chi connectivity index (χ0v) is 12.1. The van der Waals surface area contributed by atoms with Gasteiger partial charge >= 0.3 is 6.01 Å². The van der Waals surface area contributed by atoms with Crippen LogP contribution in [0.4, 0.5) is 6.01 Å². The van der Waals surface area contributed by atoms with E-state index < -0.39 is 0 Å². The highest BCUT2D eigenvalue weighted by Crippen LogP contribution is 2.20. The van der Waals surface area contributed by atoms with Crippen molar-refractivity contribution in [3.8, 4) is 0 Å². The largest absolute Gasteiger partial charge is 0.407 e. The molecule has 6 nitrogen and oxygen atoms in total. The van der Waals surface area contributed by atoms with Crippen molar-refractivity contribution in [1.29, 1.82) is 0 Å². The zero-order chi connectivity index (χ0) is 13.7. The Hall–Kier alpha value is -1.14. The highest BCUT2D eigenvalue weighted by atomic mass is 16.5. The third-order valence-electron chi connectivity index (χ3n) is 3.48. The van der Waals surface area contributed by atoms with Crippen molar-refractivity contribution >= 4 is 6.01 Å². The predicted octanol–water partition coefficient (Wildman–Crippen LogP) is 1.57. The topological polar surface area (TPSA) is 63.4 Å². The van der Waals surface area contributed by atoms with Crippen molar-refractivity contribution in [2.75, 3.05) is 25.2 Å². The minimum Gasteiger partial charge on any atom is -0.407 e. The molecule has 0 radical (unpaired) electrons. The molecule has 1 unspecified atom stereocenters. The Bertz CT molecular complexity index is 378. The van der Waals surface area contributed by atoms with Gasteiger partial charge in [0.15, 0.2) is 0 Å². The molecule has 1 aromatic rings. The standard InChI is InChI=1S/C13H24N4O2/c1-4-10(2)17(7-8-18-3)13-16-15-12(19-13)9-14-11-5-6-11/h10-11,14H,4-9H2,1-3H3. The molecule has 0 amide bonds. The van der Waals surface area contributed by atoms with Crippen LogP contribution in [0.15, 0.2) is 4.42 Å². The second kappa shape index (κ2) is 6.86. The summed E-state index contributed by atoms with van der Waals surface area (Å²) in [5, 5.41) is 11.6. The minimum absolute atomic E-state index is 0.361. The van der Waals surface area contributed by atoms with Crippen LogP contribution < -0.4 is 10.2 Å². The van der Waals surface area contributed by atoms with Crippen LogP contribution in [-0.4, -0.2) is 42.5 Å². The van der Waals surface area contributed by atoms with E-state index in [-0.39, 0.29) is 0 Å². The van der Waals surface area contributed by atoms with Gasteiger partial charge in [0, 0.05) is 25.7 Å². The van der Waals surface area contributed by atoms with E-state index >= 15 is 0 Å². The maximum atomic E-state index is 5.73. The Balaban J connectivity index is 1.94. The Labute approximate surface area is 114 Å². The summed E-state index contributed by atoms with van der Waals surface area (Å²) in [6.45, 7) is 6.39. The molecular weight excluding hydrogens is 244 g/mol. The summed E-state index contributed by atoms with van der Waals surface area (Å²) in [5.41, 5.74) is 0. The quantitative estimate of drug-likeness (QED) is 0.733. The van der Waals surface area contributed by atoms with Gasteiger partial charge in [-0.25, -0.2) is 0 Å². The van der Waals surface area contributed by atoms with Gasteiger partial charge in [-0.05, 0) is 26.2 Å². The first-order valence-electron chi connectivity index (χ1n) is 7.06. The lowest BCUT2D eigenvalue weighted by atomic mass is 10.2. The first-order valence-corrected chi connectivity index (χ1v) is 7.06. The lowest BCUT2D eigenvalue weighted by Gasteiger charge is -2.25. The predicted molar refractivity (Wildman–Crippen MR) is 73.1 cm³/mol. The Morgan fingerprint density at radius 2 is 2.26 bits per heavy atom. The van der Waals surface area contributed by atoms with E-state index in [4.69, 9.17) is 9.15 Å². The molecule has 1 aliphatic rings. The van der Waals surface area contributed by atoms with Crippen LogP contribution >= 0.6 is 0 Å². The molecule has 1 heterocycles. The summed E-state index contributed by atoms with van der Waals surface area (Å²) in [6, 6.07) is 1.60. The Morgan fingerprint density at radius 3 is 2.89 bits per heavy atom. The fourth-order valence-electron chi connectivity index (χ4n) is 1.87. The van der Waals surface area contributed by atoms with Crippen LogP contribution in [0.2, 0.25) is 0 Å². The van der Waals surface area contributed by atoms with E-state index in [9.17, 15) is 0 Å². The van der Waals surface area contributed by atoms with Crippen LogP contribution in [0.1, 0.15) is 39.0 Å². The molecule has 108 valence electrons. The molecule has 1 aliphatic carbocycles. The van der Waals surface area contributed by atoms with E-state index in [0.29, 0.717) is 37.1 Å². The molecule has 1 fully saturated rings. The molecule has 1 saturated carbocycles. The highest BCUT2D eigenvalue weighted by Gasteiger charge is 2.22. The van der Waals surface area contributed by atoms with Crippen molar-refractivity contribution in [3.63, 3.8) is 0 Å². The Morgan fingerprint density at radius 1 is 1.47 bits per heavy atom. The SMILES string of the molecule is CCC(C)N(CCOC)c1nnc(CNC2CC2)o1. The fourth-order valence-corrected chi connectivity index (χ4v) is 1.87. The molecule has 0 saturated heterocycles. The third kappa shape index (κ3) is 4.18. The highest BCUT2D eigenvalue weighted by molar-refractivity contribution is 5.25. The summed E-state index contributed by atoms with van der Waals surface area (Å²) < 4.78 is 10.9. The second-order valence-electron chi connectivity index (χ2n) is 5.08. The first-order chi connectivity index (χ1) is 9.24. The molecule has 0 aromatic carbocycles. The molecule has 0 spiro atoms.